The van der Waals surface area contributed by atoms with Gasteiger partial charge in [0.15, 0.2) is 9.84 Å². The summed E-state index contributed by atoms with van der Waals surface area (Å²) in [6.07, 6.45) is 1.64. The van der Waals surface area contributed by atoms with Gasteiger partial charge in [-0.25, -0.2) is 18.2 Å². The molecule has 1 atom stereocenters. The second kappa shape index (κ2) is 5.80. The molecule has 2 rings (SSSR count). The van der Waals surface area contributed by atoms with E-state index in [0.717, 1.165) is 0 Å². The third kappa shape index (κ3) is 3.38. The number of rotatable bonds is 4. The standard InChI is InChI=1S/C13H16N2O5S/c1-2-15(10-5-6-21(19,20)8-10)12(16)9-3-4-11(13(17)18)14-7-9/h3-4,7,10H,2,5-6,8H2,1H3,(H,17,18). The fourth-order valence-electron chi connectivity index (χ4n) is 2.40. The van der Waals surface area contributed by atoms with Gasteiger partial charge in [-0.2, -0.15) is 0 Å². The molecule has 1 unspecified atom stereocenters. The van der Waals surface area contributed by atoms with E-state index in [1.807, 2.05) is 0 Å². The Hall–Kier alpha value is -1.96. The van der Waals surface area contributed by atoms with Crippen LogP contribution in [-0.4, -0.2) is 59.4 Å². The molecule has 0 aliphatic carbocycles. The van der Waals surface area contributed by atoms with Crippen LogP contribution in [0, 0.1) is 0 Å². The molecule has 0 bridgehead atoms. The fourth-order valence-corrected chi connectivity index (χ4v) is 4.13. The Morgan fingerprint density at radius 1 is 1.43 bits per heavy atom. The molecule has 1 aliphatic rings. The van der Waals surface area contributed by atoms with Gasteiger partial charge in [0.05, 0.1) is 17.1 Å². The van der Waals surface area contributed by atoms with Crippen molar-refractivity contribution in [3.8, 4) is 0 Å². The number of aromatic nitrogens is 1. The molecular weight excluding hydrogens is 296 g/mol. The zero-order chi connectivity index (χ0) is 15.6. The highest BCUT2D eigenvalue weighted by atomic mass is 32.2. The van der Waals surface area contributed by atoms with Crippen molar-refractivity contribution in [2.45, 2.75) is 19.4 Å². The van der Waals surface area contributed by atoms with E-state index in [2.05, 4.69) is 4.98 Å². The zero-order valence-corrected chi connectivity index (χ0v) is 12.3. The molecule has 1 amide bonds. The molecule has 21 heavy (non-hydrogen) atoms. The van der Waals surface area contributed by atoms with E-state index in [1.54, 1.807) is 6.92 Å². The lowest BCUT2D eigenvalue weighted by atomic mass is 10.1. The van der Waals surface area contributed by atoms with Crippen LogP contribution in [0.25, 0.3) is 0 Å². The van der Waals surface area contributed by atoms with E-state index in [4.69, 9.17) is 5.11 Å². The largest absolute Gasteiger partial charge is 0.477 e. The molecule has 0 saturated carbocycles. The molecule has 0 radical (unpaired) electrons. The Kier molecular flexibility index (Phi) is 4.26. The summed E-state index contributed by atoms with van der Waals surface area (Å²) in [5.74, 6) is -1.42. The second-order valence-electron chi connectivity index (χ2n) is 4.89. The van der Waals surface area contributed by atoms with Crippen molar-refractivity contribution >= 4 is 21.7 Å². The van der Waals surface area contributed by atoms with E-state index < -0.39 is 15.8 Å². The van der Waals surface area contributed by atoms with Gasteiger partial charge < -0.3 is 10.0 Å². The summed E-state index contributed by atoms with van der Waals surface area (Å²) < 4.78 is 23.0. The van der Waals surface area contributed by atoms with E-state index in [1.165, 1.54) is 23.2 Å². The first-order valence-corrected chi connectivity index (χ1v) is 8.37. The molecule has 1 aromatic rings. The number of amides is 1. The summed E-state index contributed by atoms with van der Waals surface area (Å²) in [5.41, 5.74) is 0.115. The highest BCUT2D eigenvalue weighted by molar-refractivity contribution is 7.91. The molecule has 114 valence electrons. The van der Waals surface area contributed by atoms with Crippen molar-refractivity contribution in [1.29, 1.82) is 0 Å². The number of pyridine rings is 1. The number of carboxylic acids is 1. The van der Waals surface area contributed by atoms with Crippen molar-refractivity contribution in [1.82, 2.24) is 9.88 Å². The molecule has 1 N–H and O–H groups in total. The fraction of sp³-hybridized carbons (Fsp3) is 0.462. The Labute approximate surface area is 122 Å². The van der Waals surface area contributed by atoms with Gasteiger partial charge in [0.2, 0.25) is 0 Å². The minimum atomic E-state index is -3.07. The number of hydrogen-bond acceptors (Lipinski definition) is 5. The molecule has 0 aromatic carbocycles. The van der Waals surface area contributed by atoms with Crippen LogP contribution < -0.4 is 0 Å². The molecular formula is C13H16N2O5S. The normalized spacial score (nSPS) is 20.1. The van der Waals surface area contributed by atoms with Gasteiger partial charge in [0, 0.05) is 18.8 Å². The summed E-state index contributed by atoms with van der Waals surface area (Å²) >= 11 is 0. The second-order valence-corrected chi connectivity index (χ2v) is 7.11. The minimum absolute atomic E-state index is 0.0206. The number of nitrogens with zero attached hydrogens (tertiary/aromatic N) is 2. The summed E-state index contributed by atoms with van der Waals surface area (Å²) in [4.78, 5) is 28.3. The van der Waals surface area contributed by atoms with Crippen LogP contribution in [0.3, 0.4) is 0 Å². The first-order chi connectivity index (χ1) is 9.84. The van der Waals surface area contributed by atoms with Gasteiger partial charge in [0.1, 0.15) is 5.69 Å². The summed E-state index contributed by atoms with van der Waals surface area (Å²) in [7, 11) is -3.07. The van der Waals surface area contributed by atoms with Crippen LogP contribution in [0.1, 0.15) is 34.2 Å². The molecule has 1 aliphatic heterocycles. The van der Waals surface area contributed by atoms with Crippen LogP contribution in [0.15, 0.2) is 18.3 Å². The van der Waals surface area contributed by atoms with Crippen molar-refractivity contribution in [2.75, 3.05) is 18.1 Å². The van der Waals surface area contributed by atoms with Crippen LogP contribution in [-0.2, 0) is 9.84 Å². The number of sulfone groups is 1. The van der Waals surface area contributed by atoms with Gasteiger partial charge in [-0.1, -0.05) is 0 Å². The van der Waals surface area contributed by atoms with Gasteiger partial charge in [-0.3, -0.25) is 4.79 Å². The SMILES string of the molecule is CCN(C(=O)c1ccc(C(=O)O)nc1)C1CCS(=O)(=O)C1. The number of carbonyl (C=O) groups is 2. The van der Waals surface area contributed by atoms with E-state index >= 15 is 0 Å². The molecule has 7 nitrogen and oxygen atoms in total. The van der Waals surface area contributed by atoms with Gasteiger partial charge in [-0.05, 0) is 25.5 Å². The maximum Gasteiger partial charge on any atom is 0.354 e. The topological polar surface area (TPSA) is 105 Å². The molecule has 1 aromatic heterocycles. The Bertz CT molecular complexity index is 654. The van der Waals surface area contributed by atoms with Crippen molar-refractivity contribution in [2.24, 2.45) is 0 Å². The highest BCUT2D eigenvalue weighted by Gasteiger charge is 2.34. The lowest BCUT2D eigenvalue weighted by molar-refractivity contribution is 0.0681. The van der Waals surface area contributed by atoms with Crippen LogP contribution in [0.4, 0.5) is 0 Å². The lowest BCUT2D eigenvalue weighted by Gasteiger charge is -2.26. The summed E-state index contributed by atoms with van der Waals surface area (Å²) in [6, 6.07) is 2.33. The first-order valence-electron chi connectivity index (χ1n) is 6.55. The smallest absolute Gasteiger partial charge is 0.354 e. The van der Waals surface area contributed by atoms with E-state index in [-0.39, 0.29) is 34.7 Å². The minimum Gasteiger partial charge on any atom is -0.477 e. The summed E-state index contributed by atoms with van der Waals surface area (Å²) in [6.45, 7) is 2.17. The third-order valence-electron chi connectivity index (χ3n) is 3.48. The van der Waals surface area contributed by atoms with E-state index in [0.29, 0.717) is 13.0 Å². The summed E-state index contributed by atoms with van der Waals surface area (Å²) in [5, 5.41) is 8.78. The first kappa shape index (κ1) is 15.4. The monoisotopic (exact) mass is 312 g/mol. The molecule has 0 spiro atoms. The molecule has 8 heteroatoms. The Morgan fingerprint density at radius 3 is 2.57 bits per heavy atom. The molecule has 1 saturated heterocycles. The average Bonchev–Trinajstić information content (AvgIpc) is 2.79. The van der Waals surface area contributed by atoms with Crippen LogP contribution in [0.2, 0.25) is 0 Å². The maximum absolute atomic E-state index is 12.4. The molecule has 1 fully saturated rings. The maximum atomic E-state index is 12.4. The predicted molar refractivity (Wildman–Crippen MR) is 75.0 cm³/mol. The van der Waals surface area contributed by atoms with Crippen molar-refractivity contribution < 1.29 is 23.1 Å². The van der Waals surface area contributed by atoms with Crippen molar-refractivity contribution in [3.63, 3.8) is 0 Å². The van der Waals surface area contributed by atoms with Gasteiger partial charge in [0.25, 0.3) is 5.91 Å². The number of aromatic carboxylic acids is 1. The van der Waals surface area contributed by atoms with Gasteiger partial charge in [-0.15, -0.1) is 0 Å². The third-order valence-corrected chi connectivity index (χ3v) is 5.23. The lowest BCUT2D eigenvalue weighted by Crippen LogP contribution is -2.41. The Morgan fingerprint density at radius 2 is 2.14 bits per heavy atom. The number of carbonyl (C=O) groups excluding carboxylic acids is 1. The van der Waals surface area contributed by atoms with E-state index in [9.17, 15) is 18.0 Å². The quantitative estimate of drug-likeness (QED) is 0.864. The number of hydrogen-bond donors (Lipinski definition) is 1. The highest BCUT2D eigenvalue weighted by Crippen LogP contribution is 2.19. The van der Waals surface area contributed by atoms with Crippen LogP contribution >= 0.6 is 0 Å². The molecule has 2 heterocycles. The predicted octanol–water partition coefficient (Wildman–Crippen LogP) is 0.429. The number of carboxylic acid groups (broad SMARTS) is 1. The van der Waals surface area contributed by atoms with Crippen molar-refractivity contribution in [3.05, 3.63) is 29.6 Å². The Balaban J connectivity index is 2.18. The van der Waals surface area contributed by atoms with Gasteiger partial charge >= 0.3 is 5.97 Å². The average molecular weight is 312 g/mol. The van der Waals surface area contributed by atoms with Crippen LogP contribution in [0.5, 0.6) is 0 Å². The zero-order valence-electron chi connectivity index (χ0n) is 11.5.